The van der Waals surface area contributed by atoms with Crippen LogP contribution in [0.15, 0.2) is 28.5 Å². The summed E-state index contributed by atoms with van der Waals surface area (Å²) in [5.41, 5.74) is 2.15. The lowest BCUT2D eigenvalue weighted by Gasteiger charge is -2.16. The standard InChI is InChI=1S/C14H19N3O3/c1-4-7-20-13(9-15)16-14(18)12-6-5-11(17-19-3)8-10(12)2/h5-6,13H,4,7-8H2,1-3H3,(H,16,18). The van der Waals surface area contributed by atoms with Crippen LogP contribution in [-0.4, -0.2) is 31.6 Å². The fraction of sp³-hybridized carbons (Fsp3) is 0.500. The monoisotopic (exact) mass is 277 g/mol. The summed E-state index contributed by atoms with van der Waals surface area (Å²) >= 11 is 0. The zero-order valence-corrected chi connectivity index (χ0v) is 12.0. The van der Waals surface area contributed by atoms with Crippen LogP contribution in [0.25, 0.3) is 0 Å². The predicted octanol–water partition coefficient (Wildman–Crippen LogP) is 1.66. The number of carbonyl (C=O) groups is 1. The van der Waals surface area contributed by atoms with Crippen LogP contribution < -0.4 is 5.32 Å². The van der Waals surface area contributed by atoms with E-state index in [2.05, 4.69) is 10.5 Å². The Morgan fingerprint density at radius 2 is 2.35 bits per heavy atom. The third-order valence-electron chi connectivity index (χ3n) is 2.67. The van der Waals surface area contributed by atoms with Gasteiger partial charge in [0, 0.05) is 12.0 Å². The fourth-order valence-corrected chi connectivity index (χ4v) is 1.74. The van der Waals surface area contributed by atoms with Crippen LogP contribution in [0.2, 0.25) is 0 Å². The number of amides is 1. The number of hydrogen-bond donors (Lipinski definition) is 1. The molecule has 1 unspecified atom stereocenters. The van der Waals surface area contributed by atoms with Crippen molar-refractivity contribution < 1.29 is 14.4 Å². The summed E-state index contributed by atoms with van der Waals surface area (Å²) in [6, 6.07) is 1.91. The summed E-state index contributed by atoms with van der Waals surface area (Å²) < 4.78 is 5.21. The molecule has 108 valence electrons. The van der Waals surface area contributed by atoms with Crippen LogP contribution in [0, 0.1) is 11.3 Å². The average Bonchev–Trinajstić information content (AvgIpc) is 2.43. The Morgan fingerprint density at radius 3 is 2.90 bits per heavy atom. The van der Waals surface area contributed by atoms with Crippen molar-refractivity contribution in [1.82, 2.24) is 5.32 Å². The largest absolute Gasteiger partial charge is 0.399 e. The topological polar surface area (TPSA) is 83.7 Å². The van der Waals surface area contributed by atoms with E-state index in [1.54, 1.807) is 12.2 Å². The van der Waals surface area contributed by atoms with E-state index in [0.717, 1.165) is 17.7 Å². The van der Waals surface area contributed by atoms with E-state index < -0.39 is 6.23 Å². The lowest BCUT2D eigenvalue weighted by Crippen LogP contribution is -2.37. The third kappa shape index (κ3) is 4.52. The van der Waals surface area contributed by atoms with Gasteiger partial charge >= 0.3 is 0 Å². The van der Waals surface area contributed by atoms with Gasteiger partial charge in [-0.05, 0) is 25.5 Å². The Hall–Kier alpha value is -2.13. The van der Waals surface area contributed by atoms with Crippen LogP contribution in [0.3, 0.4) is 0 Å². The summed E-state index contributed by atoms with van der Waals surface area (Å²) in [5, 5.41) is 15.3. The van der Waals surface area contributed by atoms with Crippen LogP contribution >= 0.6 is 0 Å². The lowest BCUT2D eigenvalue weighted by atomic mass is 9.97. The van der Waals surface area contributed by atoms with Gasteiger partial charge in [0.1, 0.15) is 13.2 Å². The summed E-state index contributed by atoms with van der Waals surface area (Å²) in [6.45, 7) is 4.21. The van der Waals surface area contributed by atoms with E-state index in [0.29, 0.717) is 18.6 Å². The number of rotatable bonds is 6. The molecule has 0 saturated carbocycles. The van der Waals surface area contributed by atoms with Gasteiger partial charge in [0.2, 0.25) is 6.23 Å². The second-order valence-corrected chi connectivity index (χ2v) is 4.32. The molecule has 0 fully saturated rings. The number of allylic oxidation sites excluding steroid dienone is 2. The Bertz CT molecular complexity index is 486. The van der Waals surface area contributed by atoms with Gasteiger partial charge in [-0.25, -0.2) is 0 Å². The van der Waals surface area contributed by atoms with Gasteiger partial charge in [0.25, 0.3) is 5.91 Å². The van der Waals surface area contributed by atoms with Gasteiger partial charge in [-0.15, -0.1) is 0 Å². The maximum atomic E-state index is 12.1. The molecule has 0 spiro atoms. The molecule has 20 heavy (non-hydrogen) atoms. The third-order valence-corrected chi connectivity index (χ3v) is 2.67. The van der Waals surface area contributed by atoms with Crippen molar-refractivity contribution in [3.63, 3.8) is 0 Å². The van der Waals surface area contributed by atoms with Crippen molar-refractivity contribution in [2.24, 2.45) is 5.16 Å². The Labute approximate surface area is 118 Å². The second kappa shape index (κ2) is 8.12. The summed E-state index contributed by atoms with van der Waals surface area (Å²) in [6.07, 6.45) is 3.79. The number of carbonyl (C=O) groups excluding carboxylic acids is 1. The van der Waals surface area contributed by atoms with Crippen molar-refractivity contribution in [3.8, 4) is 6.07 Å². The van der Waals surface area contributed by atoms with Crippen LogP contribution in [0.1, 0.15) is 26.7 Å². The molecule has 1 aliphatic rings. The highest BCUT2D eigenvalue weighted by Crippen LogP contribution is 2.17. The highest BCUT2D eigenvalue weighted by Gasteiger charge is 2.19. The molecule has 0 aromatic rings. The minimum absolute atomic E-state index is 0.321. The first-order valence-electron chi connectivity index (χ1n) is 6.42. The van der Waals surface area contributed by atoms with E-state index in [1.165, 1.54) is 7.11 Å². The molecule has 6 heteroatoms. The van der Waals surface area contributed by atoms with Crippen molar-refractivity contribution in [2.45, 2.75) is 32.9 Å². The molecule has 0 saturated heterocycles. The molecule has 1 amide bonds. The number of nitrogens with zero attached hydrogens (tertiary/aromatic N) is 2. The zero-order chi connectivity index (χ0) is 15.0. The molecule has 1 aliphatic carbocycles. The maximum absolute atomic E-state index is 12.1. The first-order chi connectivity index (χ1) is 9.62. The average molecular weight is 277 g/mol. The van der Waals surface area contributed by atoms with E-state index in [4.69, 9.17) is 14.8 Å². The summed E-state index contributed by atoms with van der Waals surface area (Å²) in [5.74, 6) is -0.321. The van der Waals surface area contributed by atoms with Gasteiger partial charge in [-0.3, -0.25) is 4.79 Å². The molecule has 6 nitrogen and oxygen atoms in total. The number of ether oxygens (including phenoxy) is 1. The van der Waals surface area contributed by atoms with Crippen molar-refractivity contribution >= 4 is 11.6 Å². The Morgan fingerprint density at radius 1 is 1.60 bits per heavy atom. The second-order valence-electron chi connectivity index (χ2n) is 4.32. The summed E-state index contributed by atoms with van der Waals surface area (Å²) in [7, 11) is 1.48. The molecule has 1 N–H and O–H groups in total. The Balaban J connectivity index is 2.69. The number of nitrogens with one attached hydrogen (secondary N) is 1. The molecule has 1 atom stereocenters. The molecule has 0 radical (unpaired) electrons. The first kappa shape index (κ1) is 15.9. The first-order valence-corrected chi connectivity index (χ1v) is 6.42. The van der Waals surface area contributed by atoms with Crippen molar-refractivity contribution in [2.75, 3.05) is 13.7 Å². The molecule has 1 rings (SSSR count). The van der Waals surface area contributed by atoms with Gasteiger partial charge in [-0.1, -0.05) is 17.7 Å². The normalized spacial score (nSPS) is 17.8. The van der Waals surface area contributed by atoms with E-state index >= 15 is 0 Å². The van der Waals surface area contributed by atoms with Crippen LogP contribution in [0.5, 0.6) is 0 Å². The SMILES string of the molecule is CCCOC(C#N)NC(=O)C1=C(C)CC(=NOC)C=C1. The number of hydrogen-bond acceptors (Lipinski definition) is 5. The minimum atomic E-state index is -0.926. The smallest absolute Gasteiger partial charge is 0.254 e. The zero-order valence-electron chi connectivity index (χ0n) is 12.0. The van der Waals surface area contributed by atoms with Gasteiger partial charge in [0.05, 0.1) is 12.3 Å². The number of oxime groups is 1. The molecule has 0 heterocycles. The molecule has 0 aromatic heterocycles. The fourth-order valence-electron chi connectivity index (χ4n) is 1.74. The molecular weight excluding hydrogens is 258 g/mol. The quantitative estimate of drug-likeness (QED) is 0.591. The maximum Gasteiger partial charge on any atom is 0.254 e. The van der Waals surface area contributed by atoms with Crippen LogP contribution in [-0.2, 0) is 14.4 Å². The molecule has 0 aromatic carbocycles. The van der Waals surface area contributed by atoms with E-state index in [1.807, 2.05) is 19.9 Å². The molecule has 0 aliphatic heterocycles. The van der Waals surface area contributed by atoms with Crippen molar-refractivity contribution in [3.05, 3.63) is 23.3 Å². The summed E-state index contributed by atoms with van der Waals surface area (Å²) in [4.78, 5) is 16.8. The lowest BCUT2D eigenvalue weighted by molar-refractivity contribution is -0.120. The van der Waals surface area contributed by atoms with Crippen LogP contribution in [0.4, 0.5) is 0 Å². The highest BCUT2D eigenvalue weighted by molar-refractivity contribution is 6.05. The van der Waals surface area contributed by atoms with Crippen molar-refractivity contribution in [1.29, 1.82) is 5.26 Å². The van der Waals surface area contributed by atoms with Gasteiger partial charge in [-0.2, -0.15) is 5.26 Å². The van der Waals surface area contributed by atoms with E-state index in [9.17, 15) is 4.79 Å². The highest BCUT2D eigenvalue weighted by atomic mass is 16.6. The minimum Gasteiger partial charge on any atom is -0.399 e. The van der Waals surface area contributed by atoms with Gasteiger partial charge in [0.15, 0.2) is 0 Å². The van der Waals surface area contributed by atoms with Gasteiger partial charge < -0.3 is 14.9 Å². The van der Waals surface area contributed by atoms with E-state index in [-0.39, 0.29) is 5.91 Å². The molecular formula is C14H19N3O3. The predicted molar refractivity (Wildman–Crippen MR) is 74.7 cm³/mol. The Kier molecular flexibility index (Phi) is 6.47. The number of nitriles is 1. The molecule has 0 bridgehead atoms.